The molecule has 0 N–H and O–H groups in total. The van der Waals surface area contributed by atoms with Crippen LogP contribution in [-0.4, -0.2) is 18.9 Å². The van der Waals surface area contributed by atoms with Crippen molar-refractivity contribution < 1.29 is 14.3 Å². The molecule has 0 radical (unpaired) electrons. The molecule has 188 valence electrons. The van der Waals surface area contributed by atoms with E-state index >= 15 is 0 Å². The van der Waals surface area contributed by atoms with Gasteiger partial charge in [0.15, 0.2) is 0 Å². The minimum atomic E-state index is -0.516. The highest BCUT2D eigenvalue weighted by atomic mass is 16.7. The van der Waals surface area contributed by atoms with Gasteiger partial charge in [-0.25, -0.2) is 4.79 Å². The maximum absolute atomic E-state index is 11.8. The van der Waals surface area contributed by atoms with E-state index in [9.17, 15) is 4.79 Å². The van der Waals surface area contributed by atoms with E-state index in [0.717, 1.165) is 41.9 Å². The van der Waals surface area contributed by atoms with Crippen molar-refractivity contribution in [2.45, 2.75) is 112 Å². The summed E-state index contributed by atoms with van der Waals surface area (Å²) in [6.07, 6.45) is 17.5. The lowest BCUT2D eigenvalue weighted by Gasteiger charge is -2.59. The molecule has 4 rings (SSSR count). The predicted molar refractivity (Wildman–Crippen MR) is 135 cm³/mol. The van der Waals surface area contributed by atoms with Crippen LogP contribution in [0, 0.1) is 52.3 Å². The van der Waals surface area contributed by atoms with E-state index < -0.39 is 6.16 Å². The highest BCUT2D eigenvalue weighted by molar-refractivity contribution is 5.60. The van der Waals surface area contributed by atoms with Gasteiger partial charge in [0.1, 0.15) is 6.10 Å². The largest absolute Gasteiger partial charge is 0.508 e. The number of fused-ring (bicyclic) bond motifs is 5. The maximum Gasteiger partial charge on any atom is 0.508 e. The molecule has 0 unspecified atom stereocenters. The zero-order chi connectivity index (χ0) is 23.8. The molecule has 9 atom stereocenters. The second-order valence-electron chi connectivity index (χ2n) is 13.0. The first-order valence-corrected chi connectivity index (χ1v) is 14.2. The SMILES string of the molecule is CCOC(=O)O[C@@H]1C=C[C@@]2(C)[C@@H](CC[C@H]3[C@H]2CC[C@]2(C)[C@@H]3CC[C@H]2[C@H](C)CCCC(C)C)C1. The number of carbonyl (C=O) groups excluding carboxylic acids is 1. The van der Waals surface area contributed by atoms with Crippen LogP contribution >= 0.6 is 0 Å². The molecule has 0 aliphatic heterocycles. The maximum atomic E-state index is 11.8. The molecule has 3 fully saturated rings. The minimum absolute atomic E-state index is 0.116. The Hall–Kier alpha value is -0.990. The molecule has 0 spiro atoms. The van der Waals surface area contributed by atoms with E-state index in [0.29, 0.717) is 17.9 Å². The molecule has 0 aromatic carbocycles. The second-order valence-corrected chi connectivity index (χ2v) is 13.0. The molecule has 3 nitrogen and oxygen atoms in total. The van der Waals surface area contributed by atoms with Gasteiger partial charge in [0.05, 0.1) is 6.61 Å². The third kappa shape index (κ3) is 4.76. The Morgan fingerprint density at radius 1 is 1.03 bits per heavy atom. The number of carbonyl (C=O) groups is 1. The van der Waals surface area contributed by atoms with Crippen molar-refractivity contribution in [2.75, 3.05) is 6.61 Å². The molecule has 4 aliphatic carbocycles. The van der Waals surface area contributed by atoms with Gasteiger partial charge in [0, 0.05) is 0 Å². The summed E-state index contributed by atoms with van der Waals surface area (Å²) in [6, 6.07) is 0. The van der Waals surface area contributed by atoms with Crippen LogP contribution in [0.5, 0.6) is 0 Å². The Morgan fingerprint density at radius 2 is 1.82 bits per heavy atom. The van der Waals surface area contributed by atoms with Gasteiger partial charge in [-0.2, -0.15) is 0 Å². The first kappa shape index (κ1) is 25.1. The van der Waals surface area contributed by atoms with Crippen molar-refractivity contribution in [2.24, 2.45) is 52.3 Å². The van der Waals surface area contributed by atoms with Crippen LogP contribution in [0.2, 0.25) is 0 Å². The standard InChI is InChI=1S/C30H50O3/c1-7-32-28(31)33-23-15-17-29(5)22(19-23)11-12-24-26-14-13-25(21(4)10-8-9-20(2)3)30(26,6)18-16-27(24)29/h15,17,20-27H,7-14,16,18-19H2,1-6H3/t21-,22+,23-,24-,25+,26-,27-,29+,30+/m1/s1. The number of rotatable bonds is 7. The summed E-state index contributed by atoms with van der Waals surface area (Å²) in [5.41, 5.74) is 0.815. The normalized spacial score (nSPS) is 42.9. The van der Waals surface area contributed by atoms with E-state index in [1.807, 2.05) is 6.92 Å². The fraction of sp³-hybridized carbons (Fsp3) is 0.900. The van der Waals surface area contributed by atoms with Gasteiger partial charge >= 0.3 is 6.16 Å². The first-order chi connectivity index (χ1) is 15.7. The van der Waals surface area contributed by atoms with E-state index in [2.05, 4.69) is 46.8 Å². The fourth-order valence-corrected chi connectivity index (χ4v) is 9.16. The van der Waals surface area contributed by atoms with Gasteiger partial charge in [-0.1, -0.05) is 60.0 Å². The van der Waals surface area contributed by atoms with Gasteiger partial charge in [-0.3, -0.25) is 0 Å². The van der Waals surface area contributed by atoms with E-state index in [-0.39, 0.29) is 11.5 Å². The molecule has 3 heteroatoms. The molecule has 4 aliphatic rings. The van der Waals surface area contributed by atoms with Crippen LogP contribution in [0.25, 0.3) is 0 Å². The van der Waals surface area contributed by atoms with Crippen molar-refractivity contribution in [3.8, 4) is 0 Å². The number of hydrogen-bond acceptors (Lipinski definition) is 3. The van der Waals surface area contributed by atoms with Crippen molar-refractivity contribution in [1.82, 2.24) is 0 Å². The summed E-state index contributed by atoms with van der Waals surface area (Å²) in [6.45, 7) is 14.7. The number of ether oxygens (including phenoxy) is 2. The van der Waals surface area contributed by atoms with E-state index in [4.69, 9.17) is 9.47 Å². The first-order valence-electron chi connectivity index (χ1n) is 14.2. The Bertz CT molecular complexity index is 713. The highest BCUT2D eigenvalue weighted by Crippen LogP contribution is 2.67. The molecule has 33 heavy (non-hydrogen) atoms. The third-order valence-corrected chi connectivity index (χ3v) is 10.9. The average molecular weight is 459 g/mol. The Labute approximate surface area is 203 Å². The Morgan fingerprint density at radius 3 is 2.55 bits per heavy atom. The molecular formula is C30H50O3. The van der Waals surface area contributed by atoms with Crippen molar-refractivity contribution in [3.63, 3.8) is 0 Å². The third-order valence-electron chi connectivity index (χ3n) is 10.9. The van der Waals surface area contributed by atoms with Crippen LogP contribution in [0.3, 0.4) is 0 Å². The lowest BCUT2D eigenvalue weighted by Crippen LogP contribution is -2.53. The summed E-state index contributed by atoms with van der Waals surface area (Å²) < 4.78 is 10.6. The molecule has 0 aromatic rings. The van der Waals surface area contributed by atoms with Crippen LogP contribution in [0.15, 0.2) is 12.2 Å². The van der Waals surface area contributed by atoms with Gasteiger partial charge in [-0.15, -0.1) is 0 Å². The smallest absolute Gasteiger partial charge is 0.435 e. The Balaban J connectivity index is 1.43. The fourth-order valence-electron chi connectivity index (χ4n) is 9.16. The summed E-state index contributed by atoms with van der Waals surface area (Å²) in [5, 5.41) is 0. The molecule has 0 amide bonds. The van der Waals surface area contributed by atoms with Crippen LogP contribution in [0.1, 0.15) is 106 Å². The van der Waals surface area contributed by atoms with Crippen LogP contribution < -0.4 is 0 Å². The minimum Gasteiger partial charge on any atom is -0.435 e. The Kier molecular flexibility index (Phi) is 7.56. The molecule has 0 heterocycles. The van der Waals surface area contributed by atoms with Crippen LogP contribution in [0.4, 0.5) is 4.79 Å². The van der Waals surface area contributed by atoms with Gasteiger partial charge in [0.2, 0.25) is 0 Å². The second kappa shape index (κ2) is 9.94. The summed E-state index contributed by atoms with van der Waals surface area (Å²) in [4.78, 5) is 11.8. The average Bonchev–Trinajstić information content (AvgIpc) is 3.11. The van der Waals surface area contributed by atoms with Crippen molar-refractivity contribution in [1.29, 1.82) is 0 Å². The number of hydrogen-bond donors (Lipinski definition) is 0. The van der Waals surface area contributed by atoms with Gasteiger partial charge in [0.25, 0.3) is 0 Å². The molecule has 0 bridgehead atoms. The lowest BCUT2D eigenvalue weighted by molar-refractivity contribution is -0.0928. The van der Waals surface area contributed by atoms with Crippen molar-refractivity contribution >= 4 is 6.16 Å². The van der Waals surface area contributed by atoms with Crippen molar-refractivity contribution in [3.05, 3.63) is 12.2 Å². The summed E-state index contributed by atoms with van der Waals surface area (Å²) in [5.74, 6) is 5.84. The zero-order valence-electron chi connectivity index (χ0n) is 22.3. The number of allylic oxidation sites excluding steroid dienone is 1. The summed E-state index contributed by atoms with van der Waals surface area (Å²) in [7, 11) is 0. The molecular weight excluding hydrogens is 408 g/mol. The van der Waals surface area contributed by atoms with Gasteiger partial charge in [-0.05, 0) is 110 Å². The topological polar surface area (TPSA) is 35.5 Å². The highest BCUT2D eigenvalue weighted by Gasteiger charge is 2.60. The molecule has 0 saturated heterocycles. The van der Waals surface area contributed by atoms with Gasteiger partial charge < -0.3 is 9.47 Å². The monoisotopic (exact) mass is 458 g/mol. The summed E-state index contributed by atoms with van der Waals surface area (Å²) >= 11 is 0. The van der Waals surface area contributed by atoms with Crippen LogP contribution in [-0.2, 0) is 9.47 Å². The molecule has 3 saturated carbocycles. The predicted octanol–water partition coefficient (Wildman–Crippen LogP) is 8.43. The quantitative estimate of drug-likeness (QED) is 0.284. The molecule has 0 aromatic heterocycles. The lowest BCUT2D eigenvalue weighted by atomic mass is 9.45. The van der Waals surface area contributed by atoms with E-state index in [1.54, 1.807) is 0 Å². The zero-order valence-corrected chi connectivity index (χ0v) is 22.3. The van der Waals surface area contributed by atoms with E-state index in [1.165, 1.54) is 57.8 Å².